The standard InChI is InChI=1S/C13H15N3O2/c14-7-6-12-5-2-8-15(12)10-11-3-1-4-13(9-11)16(17)18/h1-5,8-9H,6-7,10,14H2. The third-order valence-corrected chi connectivity index (χ3v) is 2.80. The molecule has 0 amide bonds. The SMILES string of the molecule is NCCc1cccn1Cc1cccc([N+](=O)[O-])c1. The lowest BCUT2D eigenvalue weighted by atomic mass is 10.2. The summed E-state index contributed by atoms with van der Waals surface area (Å²) in [5.74, 6) is 0. The highest BCUT2D eigenvalue weighted by molar-refractivity contribution is 5.34. The van der Waals surface area contributed by atoms with Crippen molar-refractivity contribution >= 4 is 5.69 Å². The molecule has 94 valence electrons. The van der Waals surface area contributed by atoms with Crippen LogP contribution in [0.1, 0.15) is 11.3 Å². The Balaban J connectivity index is 2.20. The van der Waals surface area contributed by atoms with Crippen LogP contribution in [0.2, 0.25) is 0 Å². The highest BCUT2D eigenvalue weighted by atomic mass is 16.6. The Kier molecular flexibility index (Phi) is 3.74. The maximum Gasteiger partial charge on any atom is 0.269 e. The third kappa shape index (κ3) is 2.75. The lowest BCUT2D eigenvalue weighted by molar-refractivity contribution is -0.384. The molecule has 1 aromatic carbocycles. The van der Waals surface area contributed by atoms with Crippen molar-refractivity contribution in [2.75, 3.05) is 6.54 Å². The van der Waals surface area contributed by atoms with Crippen molar-refractivity contribution in [2.45, 2.75) is 13.0 Å². The van der Waals surface area contributed by atoms with Gasteiger partial charge >= 0.3 is 0 Å². The molecule has 5 nitrogen and oxygen atoms in total. The zero-order valence-corrected chi connectivity index (χ0v) is 9.95. The Morgan fingerprint density at radius 3 is 2.83 bits per heavy atom. The number of aromatic nitrogens is 1. The summed E-state index contributed by atoms with van der Waals surface area (Å²) in [6.07, 6.45) is 2.77. The zero-order chi connectivity index (χ0) is 13.0. The molecule has 0 aliphatic rings. The molecular weight excluding hydrogens is 230 g/mol. The number of hydrogen-bond donors (Lipinski definition) is 1. The summed E-state index contributed by atoms with van der Waals surface area (Å²) in [5.41, 5.74) is 7.73. The summed E-state index contributed by atoms with van der Waals surface area (Å²) in [6, 6.07) is 10.7. The fourth-order valence-electron chi connectivity index (χ4n) is 1.94. The number of rotatable bonds is 5. The summed E-state index contributed by atoms with van der Waals surface area (Å²) >= 11 is 0. The first kappa shape index (κ1) is 12.3. The molecule has 0 saturated heterocycles. The Labute approximate surface area is 105 Å². The summed E-state index contributed by atoms with van der Waals surface area (Å²) in [4.78, 5) is 10.3. The molecule has 0 spiro atoms. The number of nitrogens with two attached hydrogens (primary N) is 1. The minimum absolute atomic E-state index is 0.125. The van der Waals surface area contributed by atoms with E-state index in [1.54, 1.807) is 12.1 Å². The smallest absolute Gasteiger partial charge is 0.269 e. The molecule has 0 atom stereocenters. The highest BCUT2D eigenvalue weighted by Gasteiger charge is 2.07. The predicted octanol–water partition coefficient (Wildman–Crippen LogP) is 1.95. The van der Waals surface area contributed by atoms with Gasteiger partial charge in [-0.3, -0.25) is 10.1 Å². The van der Waals surface area contributed by atoms with Crippen LogP contribution in [-0.4, -0.2) is 16.0 Å². The van der Waals surface area contributed by atoms with E-state index in [9.17, 15) is 10.1 Å². The lowest BCUT2D eigenvalue weighted by Gasteiger charge is -2.08. The molecule has 0 unspecified atom stereocenters. The fourth-order valence-corrected chi connectivity index (χ4v) is 1.94. The summed E-state index contributed by atoms with van der Waals surface area (Å²) in [5, 5.41) is 10.7. The van der Waals surface area contributed by atoms with Crippen LogP contribution in [0.15, 0.2) is 42.6 Å². The molecule has 2 aromatic rings. The van der Waals surface area contributed by atoms with Crippen LogP contribution in [0.4, 0.5) is 5.69 Å². The first-order valence-electron chi connectivity index (χ1n) is 5.78. The van der Waals surface area contributed by atoms with E-state index in [2.05, 4.69) is 4.57 Å². The first-order chi connectivity index (χ1) is 8.70. The van der Waals surface area contributed by atoms with Gasteiger partial charge in [-0.25, -0.2) is 0 Å². The third-order valence-electron chi connectivity index (χ3n) is 2.80. The van der Waals surface area contributed by atoms with Crippen LogP contribution in [0.25, 0.3) is 0 Å². The second-order valence-corrected chi connectivity index (χ2v) is 4.09. The van der Waals surface area contributed by atoms with Crippen LogP contribution in [0.3, 0.4) is 0 Å². The number of nitrogens with zero attached hydrogens (tertiary/aromatic N) is 2. The second kappa shape index (κ2) is 5.46. The summed E-state index contributed by atoms with van der Waals surface area (Å²) in [6.45, 7) is 1.23. The molecule has 0 saturated carbocycles. The minimum Gasteiger partial charge on any atom is -0.347 e. The maximum absolute atomic E-state index is 10.7. The van der Waals surface area contributed by atoms with Gasteiger partial charge in [0.1, 0.15) is 0 Å². The van der Waals surface area contributed by atoms with E-state index in [0.29, 0.717) is 13.1 Å². The van der Waals surface area contributed by atoms with Crippen molar-refractivity contribution in [3.63, 3.8) is 0 Å². The van der Waals surface area contributed by atoms with Crippen molar-refractivity contribution < 1.29 is 4.92 Å². The van der Waals surface area contributed by atoms with Crippen molar-refractivity contribution in [1.82, 2.24) is 4.57 Å². The van der Waals surface area contributed by atoms with E-state index in [0.717, 1.165) is 17.7 Å². The van der Waals surface area contributed by atoms with Crippen molar-refractivity contribution in [1.29, 1.82) is 0 Å². The lowest BCUT2D eigenvalue weighted by Crippen LogP contribution is -2.09. The molecule has 1 aromatic heterocycles. The molecule has 5 heteroatoms. The van der Waals surface area contributed by atoms with E-state index in [4.69, 9.17) is 5.73 Å². The number of non-ortho nitro benzene ring substituents is 1. The molecule has 2 N–H and O–H groups in total. The van der Waals surface area contributed by atoms with E-state index in [-0.39, 0.29) is 10.6 Å². The van der Waals surface area contributed by atoms with Gasteiger partial charge in [-0.2, -0.15) is 0 Å². The molecule has 0 bridgehead atoms. The largest absolute Gasteiger partial charge is 0.347 e. The topological polar surface area (TPSA) is 74.1 Å². The van der Waals surface area contributed by atoms with Gasteiger partial charge in [-0.05, 0) is 30.7 Å². The Hall–Kier alpha value is -2.14. The normalized spacial score (nSPS) is 10.5. The molecule has 18 heavy (non-hydrogen) atoms. The Morgan fingerprint density at radius 2 is 2.11 bits per heavy atom. The molecule has 0 aliphatic carbocycles. The summed E-state index contributed by atoms with van der Waals surface area (Å²) in [7, 11) is 0. The van der Waals surface area contributed by atoms with Crippen LogP contribution in [0.5, 0.6) is 0 Å². The van der Waals surface area contributed by atoms with Crippen molar-refractivity contribution in [2.24, 2.45) is 5.73 Å². The average molecular weight is 245 g/mol. The number of hydrogen-bond acceptors (Lipinski definition) is 3. The van der Waals surface area contributed by atoms with Gasteiger partial charge in [0.25, 0.3) is 5.69 Å². The summed E-state index contributed by atoms with van der Waals surface area (Å²) < 4.78 is 2.06. The molecule has 1 heterocycles. The van der Waals surface area contributed by atoms with Crippen LogP contribution in [0, 0.1) is 10.1 Å². The fraction of sp³-hybridized carbons (Fsp3) is 0.231. The molecule has 0 radical (unpaired) electrons. The van der Waals surface area contributed by atoms with Gasteiger partial charge in [-0.15, -0.1) is 0 Å². The first-order valence-corrected chi connectivity index (χ1v) is 5.78. The van der Waals surface area contributed by atoms with Crippen LogP contribution >= 0.6 is 0 Å². The van der Waals surface area contributed by atoms with Gasteiger partial charge in [0.05, 0.1) is 4.92 Å². The Bertz CT molecular complexity index is 549. The van der Waals surface area contributed by atoms with E-state index in [1.807, 2.05) is 24.4 Å². The van der Waals surface area contributed by atoms with Gasteiger partial charge in [0, 0.05) is 30.6 Å². The van der Waals surface area contributed by atoms with E-state index in [1.165, 1.54) is 6.07 Å². The van der Waals surface area contributed by atoms with Gasteiger partial charge in [-0.1, -0.05) is 12.1 Å². The second-order valence-electron chi connectivity index (χ2n) is 4.09. The average Bonchev–Trinajstić information content (AvgIpc) is 2.77. The zero-order valence-electron chi connectivity index (χ0n) is 9.95. The van der Waals surface area contributed by atoms with Crippen LogP contribution < -0.4 is 5.73 Å². The number of nitro groups is 1. The highest BCUT2D eigenvalue weighted by Crippen LogP contribution is 2.15. The molecular formula is C13H15N3O2. The van der Waals surface area contributed by atoms with Crippen molar-refractivity contribution in [3.05, 3.63) is 64.0 Å². The van der Waals surface area contributed by atoms with Crippen molar-refractivity contribution in [3.8, 4) is 0 Å². The monoisotopic (exact) mass is 245 g/mol. The van der Waals surface area contributed by atoms with Gasteiger partial charge in [0.2, 0.25) is 0 Å². The van der Waals surface area contributed by atoms with Gasteiger partial charge < -0.3 is 10.3 Å². The molecule has 0 aliphatic heterocycles. The Morgan fingerprint density at radius 1 is 1.28 bits per heavy atom. The molecule has 0 fully saturated rings. The number of nitro benzene ring substituents is 1. The maximum atomic E-state index is 10.7. The predicted molar refractivity (Wildman–Crippen MR) is 69.4 cm³/mol. The van der Waals surface area contributed by atoms with E-state index < -0.39 is 0 Å². The van der Waals surface area contributed by atoms with E-state index >= 15 is 0 Å². The molecule has 2 rings (SSSR count). The minimum atomic E-state index is -0.375. The van der Waals surface area contributed by atoms with Gasteiger partial charge in [0.15, 0.2) is 0 Å². The quantitative estimate of drug-likeness (QED) is 0.646. The number of benzene rings is 1. The van der Waals surface area contributed by atoms with Crippen LogP contribution in [-0.2, 0) is 13.0 Å².